The van der Waals surface area contributed by atoms with Crippen molar-refractivity contribution in [2.24, 2.45) is 5.92 Å². The topological polar surface area (TPSA) is 99.3 Å². The molecule has 0 saturated heterocycles. The number of carbonyl (C=O) groups excluding carboxylic acids is 1. The maximum atomic E-state index is 11.7. The number of rotatable bonds is 3. The second-order valence-electron chi connectivity index (χ2n) is 7.10. The summed E-state index contributed by atoms with van der Waals surface area (Å²) in [6, 6.07) is 2.10. The zero-order valence-corrected chi connectivity index (χ0v) is 14.5. The highest BCUT2D eigenvalue weighted by Gasteiger charge is 2.48. The molecule has 1 aliphatic carbocycles. The second-order valence-corrected chi connectivity index (χ2v) is 7.10. The Kier molecular flexibility index (Phi) is 4.07. The van der Waals surface area contributed by atoms with E-state index in [9.17, 15) is 9.82 Å². The Hall–Kier alpha value is -2.22. The average molecular weight is 342 g/mol. The number of H-pyrrole nitrogens is 1. The Morgan fingerprint density at radius 1 is 1.52 bits per heavy atom. The molecule has 25 heavy (non-hydrogen) atoms. The van der Waals surface area contributed by atoms with Crippen molar-refractivity contribution in [3.8, 4) is 5.75 Å². The number of fused-ring (bicyclic) bond motifs is 3. The summed E-state index contributed by atoms with van der Waals surface area (Å²) in [6.07, 6.45) is 5.39. The minimum atomic E-state index is -0.828. The quantitative estimate of drug-likeness (QED) is 0.641. The number of hydrogen-bond donors (Lipinski definition) is 4. The molecular weight excluding hydrogens is 319 g/mol. The maximum absolute atomic E-state index is 11.7. The molecule has 2 aromatic heterocycles. The third kappa shape index (κ3) is 2.74. The molecular formula is C17H23BN4O3. The fraction of sp³-hybridized carbons (Fsp3) is 0.529. The van der Waals surface area contributed by atoms with Crippen molar-refractivity contribution in [1.82, 2.24) is 20.6 Å². The first kappa shape index (κ1) is 16.3. The van der Waals surface area contributed by atoms with Crippen LogP contribution in [0, 0.1) is 5.92 Å². The lowest BCUT2D eigenvalue weighted by Crippen LogP contribution is -2.51. The molecule has 0 bridgehead atoms. The van der Waals surface area contributed by atoms with Crippen molar-refractivity contribution in [3.05, 3.63) is 24.0 Å². The van der Waals surface area contributed by atoms with Crippen LogP contribution >= 0.6 is 0 Å². The Morgan fingerprint density at radius 3 is 3.08 bits per heavy atom. The van der Waals surface area contributed by atoms with Crippen LogP contribution in [0.25, 0.3) is 11.0 Å². The van der Waals surface area contributed by atoms with Gasteiger partial charge in [-0.2, -0.15) is 0 Å². The lowest BCUT2D eigenvalue weighted by atomic mass is 9.54. The molecule has 2 amide bonds. The van der Waals surface area contributed by atoms with Crippen molar-refractivity contribution < 1.29 is 14.5 Å². The van der Waals surface area contributed by atoms with E-state index in [4.69, 9.17) is 4.65 Å². The molecule has 0 spiro atoms. The van der Waals surface area contributed by atoms with E-state index in [1.54, 1.807) is 6.20 Å². The van der Waals surface area contributed by atoms with Crippen LogP contribution in [0.1, 0.15) is 38.2 Å². The van der Waals surface area contributed by atoms with Crippen molar-refractivity contribution in [1.29, 1.82) is 0 Å². The highest BCUT2D eigenvalue weighted by Crippen LogP contribution is 2.53. The van der Waals surface area contributed by atoms with Crippen molar-refractivity contribution in [2.45, 2.75) is 44.5 Å². The number of aromatic nitrogens is 2. The summed E-state index contributed by atoms with van der Waals surface area (Å²) in [7, 11) is -0.828. The van der Waals surface area contributed by atoms with E-state index < -0.39 is 7.12 Å². The van der Waals surface area contributed by atoms with Gasteiger partial charge in [0, 0.05) is 35.6 Å². The molecule has 2 atom stereocenters. The summed E-state index contributed by atoms with van der Waals surface area (Å²) in [5.41, 5.74) is 1.97. The molecule has 2 unspecified atom stereocenters. The molecule has 4 rings (SSSR count). The molecule has 2 aromatic rings. The first-order chi connectivity index (χ1) is 12.1. The Balaban J connectivity index is 1.58. The molecule has 1 fully saturated rings. The Labute approximate surface area is 146 Å². The largest absolute Gasteiger partial charge is 0.535 e. The van der Waals surface area contributed by atoms with Crippen LogP contribution in [0.2, 0.25) is 5.82 Å². The van der Waals surface area contributed by atoms with E-state index in [0.29, 0.717) is 18.2 Å². The summed E-state index contributed by atoms with van der Waals surface area (Å²) in [4.78, 5) is 19.2. The first-order valence-corrected chi connectivity index (χ1v) is 8.93. The first-order valence-electron chi connectivity index (χ1n) is 8.93. The number of nitrogens with zero attached hydrogens (tertiary/aromatic N) is 1. The predicted molar refractivity (Wildman–Crippen MR) is 95.6 cm³/mol. The number of nitrogens with one attached hydrogen (secondary N) is 3. The normalized spacial score (nSPS) is 28.0. The summed E-state index contributed by atoms with van der Waals surface area (Å²) in [5, 5.41) is 17.2. The predicted octanol–water partition coefficient (Wildman–Crippen LogP) is 2.01. The van der Waals surface area contributed by atoms with Gasteiger partial charge >= 0.3 is 13.1 Å². The van der Waals surface area contributed by atoms with Gasteiger partial charge in [-0.15, -0.1) is 0 Å². The number of hydrogen-bond acceptors (Lipinski definition) is 4. The zero-order chi connectivity index (χ0) is 17.6. The fourth-order valence-corrected chi connectivity index (χ4v) is 4.26. The van der Waals surface area contributed by atoms with E-state index in [-0.39, 0.29) is 23.8 Å². The van der Waals surface area contributed by atoms with E-state index in [1.165, 1.54) is 0 Å². The molecule has 3 heterocycles. The minimum Gasteiger partial charge on any atom is -0.535 e. The van der Waals surface area contributed by atoms with Gasteiger partial charge in [-0.25, -0.2) is 9.78 Å². The van der Waals surface area contributed by atoms with Crippen LogP contribution in [-0.2, 0) is 0 Å². The van der Waals surface area contributed by atoms with E-state index in [2.05, 4.69) is 20.6 Å². The van der Waals surface area contributed by atoms with Crippen molar-refractivity contribution >= 4 is 24.2 Å². The fourth-order valence-electron chi connectivity index (χ4n) is 4.26. The van der Waals surface area contributed by atoms with Gasteiger partial charge in [-0.3, -0.25) is 0 Å². The standard InChI is InChI=1S/C17H23BN4O3/c1-3-19-17(23)22-11-6-10(7-11)14-9(2)18(24)25-13-8-21-16-12(15(13)14)4-5-20-16/h4-5,8-11,14,24H,3,6-7H2,1-2H3,(H,20,21)(H2,19,22,23). The van der Waals surface area contributed by atoms with Crippen LogP contribution in [0.5, 0.6) is 5.75 Å². The number of carbonyl (C=O) groups is 1. The number of amides is 2. The van der Waals surface area contributed by atoms with Gasteiger partial charge in [-0.05, 0) is 37.7 Å². The number of pyridine rings is 1. The highest BCUT2D eigenvalue weighted by molar-refractivity contribution is 6.46. The number of urea groups is 1. The van der Waals surface area contributed by atoms with Gasteiger partial charge in [0.2, 0.25) is 0 Å². The van der Waals surface area contributed by atoms with Crippen molar-refractivity contribution in [2.75, 3.05) is 6.54 Å². The summed E-state index contributed by atoms with van der Waals surface area (Å²) >= 11 is 0. The molecule has 132 valence electrons. The lowest BCUT2D eigenvalue weighted by molar-refractivity contribution is 0.169. The second kappa shape index (κ2) is 6.26. The van der Waals surface area contributed by atoms with Gasteiger partial charge in [0.1, 0.15) is 11.4 Å². The highest BCUT2D eigenvalue weighted by atomic mass is 16.5. The van der Waals surface area contributed by atoms with Gasteiger partial charge in [0.15, 0.2) is 0 Å². The molecule has 0 radical (unpaired) electrons. The van der Waals surface area contributed by atoms with Crippen LogP contribution < -0.4 is 15.3 Å². The average Bonchev–Trinajstić information content (AvgIpc) is 3.01. The molecule has 0 aromatic carbocycles. The van der Waals surface area contributed by atoms with Gasteiger partial charge in [0.05, 0.1) is 6.20 Å². The van der Waals surface area contributed by atoms with Gasteiger partial charge in [0.25, 0.3) is 0 Å². The summed E-state index contributed by atoms with van der Waals surface area (Å²) < 4.78 is 5.69. The Bertz CT molecular complexity index is 789. The molecule has 2 aliphatic rings. The van der Waals surface area contributed by atoms with E-state index >= 15 is 0 Å². The van der Waals surface area contributed by atoms with Crippen LogP contribution in [-0.4, -0.2) is 40.7 Å². The van der Waals surface area contributed by atoms with Gasteiger partial charge in [-0.1, -0.05) is 6.92 Å². The third-order valence-electron chi connectivity index (χ3n) is 5.54. The lowest BCUT2D eigenvalue weighted by Gasteiger charge is -2.45. The minimum absolute atomic E-state index is 0.0107. The molecule has 1 saturated carbocycles. The van der Waals surface area contributed by atoms with Gasteiger partial charge < -0.3 is 25.3 Å². The molecule has 8 heteroatoms. The van der Waals surface area contributed by atoms with Crippen LogP contribution in [0.4, 0.5) is 4.79 Å². The molecule has 7 nitrogen and oxygen atoms in total. The summed E-state index contributed by atoms with van der Waals surface area (Å²) in [6.45, 7) is 4.56. The van der Waals surface area contributed by atoms with Crippen LogP contribution in [0.15, 0.2) is 18.5 Å². The molecule has 4 N–H and O–H groups in total. The summed E-state index contributed by atoms with van der Waals surface area (Å²) in [5.74, 6) is 1.25. The smallest absolute Gasteiger partial charge is 0.526 e. The Morgan fingerprint density at radius 2 is 2.32 bits per heavy atom. The zero-order valence-electron chi connectivity index (χ0n) is 14.5. The van der Waals surface area contributed by atoms with E-state index in [1.807, 2.05) is 26.1 Å². The SMILES string of the molecule is CCNC(=O)NC1CC(C2c3c(cnc4[nH]ccc34)OB(O)C2C)C1. The third-order valence-corrected chi connectivity index (χ3v) is 5.54. The van der Waals surface area contributed by atoms with Crippen molar-refractivity contribution in [3.63, 3.8) is 0 Å². The number of aromatic amines is 1. The monoisotopic (exact) mass is 342 g/mol. The maximum Gasteiger partial charge on any atom is 0.526 e. The molecule has 1 aliphatic heterocycles. The van der Waals surface area contributed by atoms with Crippen LogP contribution in [0.3, 0.4) is 0 Å². The van der Waals surface area contributed by atoms with E-state index in [0.717, 1.165) is 29.4 Å².